The van der Waals surface area contributed by atoms with Crippen LogP contribution in [0.4, 0.5) is 0 Å². The van der Waals surface area contributed by atoms with E-state index in [1.165, 1.54) is 7.11 Å². The smallest absolute Gasteiger partial charge is 0.335 e. The van der Waals surface area contributed by atoms with Gasteiger partial charge < -0.3 is 28.8 Å². The van der Waals surface area contributed by atoms with Gasteiger partial charge >= 0.3 is 5.97 Å². The minimum Gasteiger partial charge on any atom is -0.461 e. The highest BCUT2D eigenvalue weighted by atomic mass is 16.8. The van der Waals surface area contributed by atoms with Gasteiger partial charge in [-0.05, 0) is 27.7 Å². The normalized spacial score (nSPS) is 35.8. The third kappa shape index (κ3) is 3.73. The summed E-state index contributed by atoms with van der Waals surface area (Å²) in [5.41, 5.74) is 0. The molecule has 0 amide bonds. The van der Waals surface area contributed by atoms with E-state index < -0.39 is 30.3 Å². The third-order valence-electron chi connectivity index (χ3n) is 3.42. The summed E-state index contributed by atoms with van der Waals surface area (Å²) in [5, 5.41) is 9.94. The van der Waals surface area contributed by atoms with Gasteiger partial charge in [0.05, 0.1) is 12.2 Å². The van der Waals surface area contributed by atoms with Gasteiger partial charge in [0.1, 0.15) is 12.2 Å². The zero-order chi connectivity index (χ0) is 15.8. The van der Waals surface area contributed by atoms with Gasteiger partial charge in [-0.2, -0.15) is 0 Å². The predicted molar refractivity (Wildman–Crippen MR) is 71.3 cm³/mol. The topological polar surface area (TPSA) is 83.5 Å². The molecule has 122 valence electrons. The van der Waals surface area contributed by atoms with Crippen LogP contribution in [0, 0.1) is 0 Å². The van der Waals surface area contributed by atoms with Crippen LogP contribution in [0.1, 0.15) is 34.1 Å². The lowest BCUT2D eigenvalue weighted by Crippen LogP contribution is -2.36. The number of aliphatic hydroxyl groups is 1. The fourth-order valence-electron chi connectivity index (χ4n) is 2.65. The Hall–Kier alpha value is -0.730. The number of hydrogen-bond acceptors (Lipinski definition) is 7. The van der Waals surface area contributed by atoms with Crippen LogP contribution in [0.25, 0.3) is 0 Å². The first kappa shape index (κ1) is 16.6. The minimum absolute atomic E-state index is 0.0754. The van der Waals surface area contributed by atoms with Crippen molar-refractivity contribution in [2.75, 3.05) is 7.11 Å². The molecule has 0 aromatic carbocycles. The molecule has 2 fully saturated rings. The fraction of sp³-hybridized carbons (Fsp3) is 0.929. The molecule has 2 aliphatic rings. The number of rotatable bonds is 5. The average molecular weight is 304 g/mol. The molecule has 0 aliphatic carbocycles. The molecule has 7 heteroatoms. The van der Waals surface area contributed by atoms with Crippen molar-refractivity contribution in [3.05, 3.63) is 0 Å². The van der Waals surface area contributed by atoms with Crippen LogP contribution in [-0.4, -0.2) is 60.8 Å². The molecule has 0 bridgehead atoms. The first-order valence-electron chi connectivity index (χ1n) is 7.16. The SMILES string of the molecule is CO[C@@H]1O[C@H](C[C@@H](O)C(=O)OC(C)C)[C@H]2OC(C)(C)O[C@@H]12. The van der Waals surface area contributed by atoms with Gasteiger partial charge in [-0.1, -0.05) is 0 Å². The molecule has 2 rings (SSSR count). The van der Waals surface area contributed by atoms with Crippen LogP contribution in [0.2, 0.25) is 0 Å². The first-order chi connectivity index (χ1) is 9.73. The van der Waals surface area contributed by atoms with Crippen LogP contribution in [0.15, 0.2) is 0 Å². The highest BCUT2D eigenvalue weighted by Crippen LogP contribution is 2.40. The van der Waals surface area contributed by atoms with Crippen LogP contribution in [-0.2, 0) is 28.5 Å². The number of ether oxygens (including phenoxy) is 5. The Balaban J connectivity index is 1.98. The molecule has 0 spiro atoms. The number of carbonyl (C=O) groups is 1. The monoisotopic (exact) mass is 304 g/mol. The lowest BCUT2D eigenvalue weighted by atomic mass is 10.0. The Labute approximate surface area is 124 Å². The predicted octanol–water partition coefficient (Wildman–Crippen LogP) is 0.580. The molecular weight excluding hydrogens is 280 g/mol. The summed E-state index contributed by atoms with van der Waals surface area (Å²) in [6, 6.07) is 0. The molecule has 2 heterocycles. The Kier molecular flexibility index (Phi) is 4.89. The number of methoxy groups -OCH3 is 1. The highest BCUT2D eigenvalue weighted by Gasteiger charge is 2.56. The van der Waals surface area contributed by atoms with Crippen molar-refractivity contribution >= 4 is 5.97 Å². The van der Waals surface area contributed by atoms with Crippen LogP contribution >= 0.6 is 0 Å². The zero-order valence-corrected chi connectivity index (χ0v) is 13.1. The first-order valence-corrected chi connectivity index (χ1v) is 7.16. The van der Waals surface area contributed by atoms with Crippen molar-refractivity contribution in [1.82, 2.24) is 0 Å². The number of carbonyl (C=O) groups excluding carboxylic acids is 1. The van der Waals surface area contributed by atoms with Gasteiger partial charge in [-0.15, -0.1) is 0 Å². The zero-order valence-electron chi connectivity index (χ0n) is 13.1. The standard InChI is InChI=1S/C14H24O7/c1-7(2)18-12(16)8(15)6-9-10-11(13(17-5)19-9)21-14(3,4)20-10/h7-11,13,15H,6H2,1-5H3/t8-,9-,10-,11-,13-/m1/s1. The second-order valence-electron chi connectivity index (χ2n) is 6.08. The average Bonchev–Trinajstić information content (AvgIpc) is 2.83. The molecular formula is C14H24O7. The van der Waals surface area contributed by atoms with Crippen molar-refractivity contribution < 1.29 is 33.6 Å². The van der Waals surface area contributed by atoms with E-state index >= 15 is 0 Å². The summed E-state index contributed by atoms with van der Waals surface area (Å²) in [7, 11) is 1.52. The molecule has 0 radical (unpaired) electrons. The molecule has 21 heavy (non-hydrogen) atoms. The van der Waals surface area contributed by atoms with Crippen molar-refractivity contribution in [3.8, 4) is 0 Å². The molecule has 7 nitrogen and oxygen atoms in total. The second-order valence-corrected chi connectivity index (χ2v) is 6.08. The molecule has 0 saturated carbocycles. The molecule has 2 saturated heterocycles. The molecule has 0 unspecified atom stereocenters. The van der Waals surface area contributed by atoms with Crippen LogP contribution in [0.5, 0.6) is 0 Å². The van der Waals surface area contributed by atoms with E-state index in [0.717, 1.165) is 0 Å². The lowest BCUT2D eigenvalue weighted by molar-refractivity contribution is -0.229. The van der Waals surface area contributed by atoms with Crippen molar-refractivity contribution in [1.29, 1.82) is 0 Å². The molecule has 0 aromatic heterocycles. The minimum atomic E-state index is -1.26. The van der Waals surface area contributed by atoms with Crippen molar-refractivity contribution in [2.24, 2.45) is 0 Å². The fourth-order valence-corrected chi connectivity index (χ4v) is 2.65. The third-order valence-corrected chi connectivity index (χ3v) is 3.42. The summed E-state index contributed by atoms with van der Waals surface area (Å²) in [4.78, 5) is 11.7. The number of aliphatic hydroxyl groups excluding tert-OH is 1. The van der Waals surface area contributed by atoms with E-state index in [0.29, 0.717) is 0 Å². The van der Waals surface area contributed by atoms with E-state index in [4.69, 9.17) is 23.7 Å². The van der Waals surface area contributed by atoms with E-state index in [2.05, 4.69) is 0 Å². The van der Waals surface area contributed by atoms with Gasteiger partial charge in [0, 0.05) is 13.5 Å². The largest absolute Gasteiger partial charge is 0.461 e. The quantitative estimate of drug-likeness (QED) is 0.744. The highest BCUT2D eigenvalue weighted by molar-refractivity contribution is 5.74. The van der Waals surface area contributed by atoms with Gasteiger partial charge in [0.25, 0.3) is 0 Å². The summed E-state index contributed by atoms with van der Waals surface area (Å²) in [6.07, 6.45) is -3.28. The summed E-state index contributed by atoms with van der Waals surface area (Å²) < 4.78 is 27.4. The van der Waals surface area contributed by atoms with Gasteiger partial charge in [-0.3, -0.25) is 0 Å². The maximum absolute atomic E-state index is 11.7. The van der Waals surface area contributed by atoms with Gasteiger partial charge in [0.15, 0.2) is 18.2 Å². The summed E-state index contributed by atoms with van der Waals surface area (Å²) in [6.45, 7) is 7.06. The number of esters is 1. The van der Waals surface area contributed by atoms with Crippen LogP contribution in [0.3, 0.4) is 0 Å². The van der Waals surface area contributed by atoms with E-state index in [1.807, 2.05) is 0 Å². The molecule has 1 N–H and O–H groups in total. The maximum atomic E-state index is 11.7. The number of hydrogen-bond donors (Lipinski definition) is 1. The van der Waals surface area contributed by atoms with E-state index in [1.54, 1.807) is 27.7 Å². The Bertz CT molecular complexity index is 382. The van der Waals surface area contributed by atoms with E-state index in [9.17, 15) is 9.90 Å². The Morgan fingerprint density at radius 3 is 2.48 bits per heavy atom. The summed E-state index contributed by atoms with van der Waals surface area (Å²) >= 11 is 0. The van der Waals surface area contributed by atoms with Crippen LogP contribution < -0.4 is 0 Å². The molecule has 5 atom stereocenters. The number of fused-ring (bicyclic) bond motifs is 1. The maximum Gasteiger partial charge on any atom is 0.335 e. The lowest BCUT2D eigenvalue weighted by Gasteiger charge is -2.24. The second kappa shape index (κ2) is 6.18. The van der Waals surface area contributed by atoms with Gasteiger partial charge in [0.2, 0.25) is 0 Å². The van der Waals surface area contributed by atoms with Crippen molar-refractivity contribution in [3.63, 3.8) is 0 Å². The molecule has 0 aromatic rings. The van der Waals surface area contributed by atoms with Gasteiger partial charge in [-0.25, -0.2) is 4.79 Å². The Morgan fingerprint density at radius 2 is 1.90 bits per heavy atom. The Morgan fingerprint density at radius 1 is 1.29 bits per heavy atom. The summed E-state index contributed by atoms with van der Waals surface area (Å²) in [5.74, 6) is -1.40. The van der Waals surface area contributed by atoms with E-state index in [-0.39, 0.29) is 24.7 Å². The molecule has 2 aliphatic heterocycles. The van der Waals surface area contributed by atoms with Crippen molar-refractivity contribution in [2.45, 2.75) is 76.7 Å².